The largest absolute Gasteiger partial charge is 0.481 e. The van der Waals surface area contributed by atoms with E-state index in [0.29, 0.717) is 6.42 Å². The molecule has 0 aliphatic heterocycles. The van der Waals surface area contributed by atoms with Gasteiger partial charge in [0.25, 0.3) is 5.91 Å². The highest BCUT2D eigenvalue weighted by atomic mass is 19.1. The molecule has 0 aliphatic rings. The van der Waals surface area contributed by atoms with Crippen LogP contribution in [0.4, 0.5) is 4.39 Å². The number of benzene rings is 2. The van der Waals surface area contributed by atoms with Crippen molar-refractivity contribution in [3.05, 3.63) is 66.0 Å². The molecule has 116 valence electrons. The number of halogens is 1. The van der Waals surface area contributed by atoms with Gasteiger partial charge in [-0.15, -0.1) is 0 Å². The summed E-state index contributed by atoms with van der Waals surface area (Å²) in [6.07, 6.45) is 0.708. The number of para-hydroxylation sites is 1. The van der Waals surface area contributed by atoms with E-state index in [9.17, 15) is 9.18 Å². The average Bonchev–Trinajstić information content (AvgIpc) is 2.46. The van der Waals surface area contributed by atoms with E-state index < -0.39 is 11.4 Å². The van der Waals surface area contributed by atoms with E-state index >= 15 is 0 Å². The molecular formula is C18H20FNO2. The first-order chi connectivity index (χ1) is 10.5. The molecule has 22 heavy (non-hydrogen) atoms. The second kappa shape index (κ2) is 7.07. The third kappa shape index (κ3) is 4.88. The summed E-state index contributed by atoms with van der Waals surface area (Å²) in [5.41, 5.74) is 0.736. The summed E-state index contributed by atoms with van der Waals surface area (Å²) in [5, 5.41) is 2.91. The maximum atomic E-state index is 13.4. The highest BCUT2D eigenvalue weighted by molar-refractivity contribution is 5.78. The van der Waals surface area contributed by atoms with Crippen LogP contribution in [-0.2, 0) is 11.2 Å². The predicted octanol–water partition coefficient (Wildman–Crippen LogP) is 3.34. The van der Waals surface area contributed by atoms with Gasteiger partial charge in [0.1, 0.15) is 0 Å². The third-order valence-corrected chi connectivity index (χ3v) is 3.16. The summed E-state index contributed by atoms with van der Waals surface area (Å²) in [7, 11) is 0. The number of hydrogen-bond acceptors (Lipinski definition) is 2. The van der Waals surface area contributed by atoms with E-state index in [1.165, 1.54) is 12.1 Å². The van der Waals surface area contributed by atoms with Crippen LogP contribution in [0.25, 0.3) is 0 Å². The minimum Gasteiger partial charge on any atom is -0.481 e. The monoisotopic (exact) mass is 301 g/mol. The van der Waals surface area contributed by atoms with Crippen LogP contribution in [0.1, 0.15) is 19.4 Å². The maximum Gasteiger partial charge on any atom is 0.258 e. The molecule has 0 aliphatic carbocycles. The Bertz CT molecular complexity index is 626. The molecule has 0 fully saturated rings. The molecule has 0 saturated heterocycles. The van der Waals surface area contributed by atoms with Crippen molar-refractivity contribution in [3.63, 3.8) is 0 Å². The van der Waals surface area contributed by atoms with Gasteiger partial charge in [0, 0.05) is 5.54 Å². The molecule has 1 N–H and O–H groups in total. The van der Waals surface area contributed by atoms with E-state index in [1.807, 2.05) is 44.2 Å². The molecule has 0 unspecified atom stereocenters. The first kappa shape index (κ1) is 16.0. The van der Waals surface area contributed by atoms with Gasteiger partial charge in [-0.25, -0.2) is 4.39 Å². The zero-order valence-electron chi connectivity index (χ0n) is 12.8. The van der Waals surface area contributed by atoms with Crippen LogP contribution in [0.3, 0.4) is 0 Å². The van der Waals surface area contributed by atoms with Gasteiger partial charge in [0.15, 0.2) is 18.2 Å². The topological polar surface area (TPSA) is 38.3 Å². The standard InChI is InChI=1S/C18H20FNO2/c1-18(2,12-14-8-4-3-5-9-14)20-17(21)13-22-16-11-7-6-10-15(16)19/h3-11H,12-13H2,1-2H3,(H,20,21). The second-order valence-electron chi connectivity index (χ2n) is 5.81. The SMILES string of the molecule is CC(C)(Cc1ccccc1)NC(=O)COc1ccccc1F. The Balaban J connectivity index is 1.87. The lowest BCUT2D eigenvalue weighted by atomic mass is 9.95. The number of carbonyl (C=O) groups is 1. The molecule has 2 rings (SSSR count). The summed E-state index contributed by atoms with van der Waals surface area (Å²) < 4.78 is 18.6. The fourth-order valence-corrected chi connectivity index (χ4v) is 2.27. The Labute approximate surface area is 130 Å². The first-order valence-corrected chi connectivity index (χ1v) is 7.18. The van der Waals surface area contributed by atoms with Gasteiger partial charge in [0.05, 0.1) is 0 Å². The minimum absolute atomic E-state index is 0.0820. The molecular weight excluding hydrogens is 281 g/mol. The Morgan fingerprint density at radius 3 is 2.41 bits per heavy atom. The number of ether oxygens (including phenoxy) is 1. The van der Waals surface area contributed by atoms with Gasteiger partial charge in [-0.1, -0.05) is 42.5 Å². The van der Waals surface area contributed by atoms with Crippen molar-refractivity contribution < 1.29 is 13.9 Å². The quantitative estimate of drug-likeness (QED) is 0.888. The van der Waals surface area contributed by atoms with E-state index in [-0.39, 0.29) is 18.3 Å². The summed E-state index contributed by atoms with van der Waals surface area (Å²) in [5.74, 6) is -0.665. The lowest BCUT2D eigenvalue weighted by Gasteiger charge is -2.26. The summed E-state index contributed by atoms with van der Waals surface area (Å²) >= 11 is 0. The smallest absolute Gasteiger partial charge is 0.258 e. The van der Waals surface area contributed by atoms with Crippen LogP contribution in [-0.4, -0.2) is 18.1 Å². The van der Waals surface area contributed by atoms with Crippen molar-refractivity contribution in [1.82, 2.24) is 5.32 Å². The van der Waals surface area contributed by atoms with Crippen LogP contribution >= 0.6 is 0 Å². The van der Waals surface area contributed by atoms with Crippen LogP contribution in [0.15, 0.2) is 54.6 Å². The number of hydrogen-bond donors (Lipinski definition) is 1. The van der Waals surface area contributed by atoms with E-state index in [2.05, 4.69) is 5.32 Å². The van der Waals surface area contributed by atoms with Crippen molar-refractivity contribution in [2.75, 3.05) is 6.61 Å². The number of nitrogens with one attached hydrogen (secondary N) is 1. The molecule has 0 saturated carbocycles. The van der Waals surface area contributed by atoms with Gasteiger partial charge in [-0.2, -0.15) is 0 Å². The maximum absolute atomic E-state index is 13.4. The van der Waals surface area contributed by atoms with Crippen molar-refractivity contribution in [1.29, 1.82) is 0 Å². The lowest BCUT2D eigenvalue weighted by Crippen LogP contribution is -2.47. The van der Waals surface area contributed by atoms with Crippen molar-refractivity contribution in [3.8, 4) is 5.75 Å². The molecule has 2 aromatic carbocycles. The molecule has 0 atom stereocenters. The Kier molecular flexibility index (Phi) is 5.15. The highest BCUT2D eigenvalue weighted by Gasteiger charge is 2.21. The van der Waals surface area contributed by atoms with E-state index in [4.69, 9.17) is 4.74 Å². The van der Waals surface area contributed by atoms with Crippen molar-refractivity contribution in [2.45, 2.75) is 25.8 Å². The summed E-state index contributed by atoms with van der Waals surface area (Å²) in [6, 6.07) is 16.0. The normalized spacial score (nSPS) is 11.0. The lowest BCUT2D eigenvalue weighted by molar-refractivity contribution is -0.124. The highest BCUT2D eigenvalue weighted by Crippen LogP contribution is 2.16. The van der Waals surface area contributed by atoms with Crippen LogP contribution in [0.5, 0.6) is 5.75 Å². The number of rotatable bonds is 6. The molecule has 0 aromatic heterocycles. The van der Waals surface area contributed by atoms with Gasteiger partial charge in [-0.05, 0) is 38.0 Å². The van der Waals surface area contributed by atoms with Gasteiger partial charge < -0.3 is 10.1 Å². The average molecular weight is 301 g/mol. The second-order valence-corrected chi connectivity index (χ2v) is 5.81. The molecule has 0 heterocycles. The molecule has 0 radical (unpaired) electrons. The number of carbonyl (C=O) groups excluding carboxylic acids is 1. The molecule has 0 spiro atoms. The van der Waals surface area contributed by atoms with Gasteiger partial charge in [-0.3, -0.25) is 4.79 Å². The zero-order chi connectivity index (χ0) is 16.0. The van der Waals surface area contributed by atoms with Gasteiger partial charge in [0.2, 0.25) is 0 Å². The Hall–Kier alpha value is -2.36. The van der Waals surface area contributed by atoms with Crippen molar-refractivity contribution >= 4 is 5.91 Å². The Morgan fingerprint density at radius 2 is 1.73 bits per heavy atom. The van der Waals surface area contributed by atoms with E-state index in [0.717, 1.165) is 5.56 Å². The van der Waals surface area contributed by atoms with Gasteiger partial charge >= 0.3 is 0 Å². The number of amides is 1. The van der Waals surface area contributed by atoms with E-state index in [1.54, 1.807) is 12.1 Å². The molecule has 1 amide bonds. The van der Waals surface area contributed by atoms with Crippen LogP contribution < -0.4 is 10.1 Å². The molecule has 2 aromatic rings. The minimum atomic E-state index is -0.473. The third-order valence-electron chi connectivity index (χ3n) is 3.16. The summed E-state index contributed by atoms with van der Waals surface area (Å²) in [4.78, 5) is 12.0. The molecule has 3 nitrogen and oxygen atoms in total. The summed E-state index contributed by atoms with van der Waals surface area (Å²) in [6.45, 7) is 3.68. The fraction of sp³-hybridized carbons (Fsp3) is 0.278. The van der Waals surface area contributed by atoms with Crippen LogP contribution in [0.2, 0.25) is 0 Å². The fourth-order valence-electron chi connectivity index (χ4n) is 2.27. The molecule has 0 bridgehead atoms. The van der Waals surface area contributed by atoms with Crippen molar-refractivity contribution in [2.24, 2.45) is 0 Å². The molecule has 4 heteroatoms. The predicted molar refractivity (Wildman–Crippen MR) is 84.3 cm³/mol. The first-order valence-electron chi connectivity index (χ1n) is 7.18. The van der Waals surface area contributed by atoms with Crippen LogP contribution in [0, 0.1) is 5.82 Å². The zero-order valence-corrected chi connectivity index (χ0v) is 12.8. The Morgan fingerprint density at radius 1 is 1.09 bits per heavy atom.